The lowest BCUT2D eigenvalue weighted by Gasteiger charge is -2.06. The highest BCUT2D eigenvalue weighted by atomic mass is 15.4. The van der Waals surface area contributed by atoms with E-state index in [9.17, 15) is 0 Å². The van der Waals surface area contributed by atoms with E-state index < -0.39 is 0 Å². The van der Waals surface area contributed by atoms with Crippen molar-refractivity contribution < 1.29 is 0 Å². The van der Waals surface area contributed by atoms with E-state index in [1.165, 1.54) is 0 Å². The summed E-state index contributed by atoms with van der Waals surface area (Å²) >= 11 is 0. The molecule has 0 amide bonds. The van der Waals surface area contributed by atoms with Crippen LogP contribution in [-0.2, 0) is 0 Å². The van der Waals surface area contributed by atoms with Crippen LogP contribution in [0, 0.1) is 13.8 Å². The molecule has 0 fully saturated rings. The van der Waals surface area contributed by atoms with Gasteiger partial charge in [-0.05, 0) is 19.4 Å². The van der Waals surface area contributed by atoms with Crippen molar-refractivity contribution in [2.45, 2.75) is 13.8 Å². The van der Waals surface area contributed by atoms with Crippen LogP contribution in [0.4, 0.5) is 0 Å². The molecule has 0 N–H and O–H groups in total. The van der Waals surface area contributed by atoms with Crippen molar-refractivity contribution in [3.8, 4) is 0 Å². The quantitative estimate of drug-likeness (QED) is 0.743. The predicted molar refractivity (Wildman–Crippen MR) is 60.4 cm³/mol. The normalized spacial score (nSPS) is 10.3. The van der Waals surface area contributed by atoms with E-state index in [2.05, 4.69) is 16.9 Å². The Hall–Kier alpha value is -1.90. The average Bonchev–Trinajstić information content (AvgIpc) is 2.60. The highest BCUT2D eigenvalue weighted by Gasteiger charge is 2.08. The number of rotatable bonds is 2. The molecule has 0 saturated carbocycles. The fraction of sp³-hybridized carbons (Fsp3) is 0.167. The van der Waals surface area contributed by atoms with Crippen LogP contribution in [0.25, 0.3) is 5.70 Å². The van der Waals surface area contributed by atoms with Gasteiger partial charge in [-0.1, -0.05) is 42.1 Å². The number of benzene rings is 1. The average molecular weight is 199 g/mol. The Balaban J connectivity index is 2.42. The third kappa shape index (κ3) is 1.68. The summed E-state index contributed by atoms with van der Waals surface area (Å²) in [6.07, 6.45) is 0. The zero-order valence-electron chi connectivity index (χ0n) is 8.94. The highest BCUT2D eigenvalue weighted by molar-refractivity contribution is 5.63. The summed E-state index contributed by atoms with van der Waals surface area (Å²) in [6, 6.07) is 9.98. The molecule has 3 heteroatoms. The SMILES string of the molecule is C=C(c1ccccc1)n1nnc(C)c1C. The summed E-state index contributed by atoms with van der Waals surface area (Å²) in [5.74, 6) is 0. The summed E-state index contributed by atoms with van der Waals surface area (Å²) in [7, 11) is 0. The lowest BCUT2D eigenvalue weighted by Crippen LogP contribution is -2.02. The number of hydrogen-bond acceptors (Lipinski definition) is 2. The molecule has 2 aromatic rings. The summed E-state index contributed by atoms with van der Waals surface area (Å²) in [4.78, 5) is 0. The minimum atomic E-state index is 0.855. The first-order valence-electron chi connectivity index (χ1n) is 4.84. The Labute approximate surface area is 89.1 Å². The van der Waals surface area contributed by atoms with E-state index in [4.69, 9.17) is 0 Å². The number of aryl methyl sites for hydroxylation is 1. The van der Waals surface area contributed by atoms with E-state index in [-0.39, 0.29) is 0 Å². The van der Waals surface area contributed by atoms with E-state index in [0.29, 0.717) is 0 Å². The Morgan fingerprint density at radius 3 is 2.40 bits per heavy atom. The Kier molecular flexibility index (Phi) is 2.37. The van der Waals surface area contributed by atoms with Gasteiger partial charge in [0.25, 0.3) is 0 Å². The van der Waals surface area contributed by atoms with Gasteiger partial charge in [0.2, 0.25) is 0 Å². The third-order valence-corrected chi connectivity index (χ3v) is 2.49. The van der Waals surface area contributed by atoms with E-state index in [1.54, 1.807) is 4.68 Å². The van der Waals surface area contributed by atoms with Gasteiger partial charge in [0.15, 0.2) is 0 Å². The molecule has 0 spiro atoms. The number of hydrogen-bond donors (Lipinski definition) is 0. The molecule has 76 valence electrons. The van der Waals surface area contributed by atoms with Gasteiger partial charge in [-0.3, -0.25) is 0 Å². The van der Waals surface area contributed by atoms with Crippen molar-refractivity contribution in [2.75, 3.05) is 0 Å². The molecule has 0 unspecified atom stereocenters. The Bertz CT molecular complexity index is 483. The molecule has 0 bridgehead atoms. The van der Waals surface area contributed by atoms with Crippen LogP contribution in [-0.4, -0.2) is 15.0 Å². The number of aromatic nitrogens is 3. The minimum absolute atomic E-state index is 0.855. The molecule has 1 aromatic heterocycles. The summed E-state index contributed by atoms with van der Waals surface area (Å²) in [6.45, 7) is 7.96. The summed E-state index contributed by atoms with van der Waals surface area (Å²) in [5, 5.41) is 8.07. The van der Waals surface area contributed by atoms with Crippen LogP contribution in [0.5, 0.6) is 0 Å². The monoisotopic (exact) mass is 199 g/mol. The van der Waals surface area contributed by atoms with Crippen molar-refractivity contribution in [3.63, 3.8) is 0 Å². The molecular formula is C12H13N3. The predicted octanol–water partition coefficient (Wildman–Crippen LogP) is 2.41. The van der Waals surface area contributed by atoms with Crippen LogP contribution in [0.2, 0.25) is 0 Å². The summed E-state index contributed by atoms with van der Waals surface area (Å²) < 4.78 is 1.77. The second-order valence-corrected chi connectivity index (χ2v) is 3.48. The minimum Gasteiger partial charge on any atom is -0.218 e. The molecule has 0 atom stereocenters. The van der Waals surface area contributed by atoms with Gasteiger partial charge >= 0.3 is 0 Å². The molecule has 15 heavy (non-hydrogen) atoms. The van der Waals surface area contributed by atoms with Gasteiger partial charge in [-0.15, -0.1) is 5.10 Å². The van der Waals surface area contributed by atoms with Gasteiger partial charge in [0.1, 0.15) is 0 Å². The molecule has 1 aromatic carbocycles. The molecule has 0 aliphatic carbocycles. The zero-order valence-corrected chi connectivity index (χ0v) is 8.94. The van der Waals surface area contributed by atoms with E-state index in [1.807, 2.05) is 44.2 Å². The Morgan fingerprint density at radius 2 is 1.87 bits per heavy atom. The van der Waals surface area contributed by atoms with Gasteiger partial charge in [-0.2, -0.15) is 0 Å². The van der Waals surface area contributed by atoms with Crippen molar-refractivity contribution in [1.82, 2.24) is 15.0 Å². The fourth-order valence-electron chi connectivity index (χ4n) is 1.41. The van der Waals surface area contributed by atoms with Crippen molar-refractivity contribution in [2.24, 2.45) is 0 Å². The van der Waals surface area contributed by atoms with Crippen molar-refractivity contribution in [3.05, 3.63) is 53.9 Å². The van der Waals surface area contributed by atoms with Gasteiger partial charge in [0.05, 0.1) is 17.1 Å². The molecule has 0 radical (unpaired) electrons. The fourth-order valence-corrected chi connectivity index (χ4v) is 1.41. The highest BCUT2D eigenvalue weighted by Crippen LogP contribution is 2.16. The zero-order chi connectivity index (χ0) is 10.8. The smallest absolute Gasteiger partial charge is 0.0830 e. The first kappa shape index (κ1) is 9.65. The maximum Gasteiger partial charge on any atom is 0.0830 e. The second kappa shape index (κ2) is 3.69. The first-order chi connectivity index (χ1) is 7.20. The van der Waals surface area contributed by atoms with E-state index in [0.717, 1.165) is 22.6 Å². The third-order valence-electron chi connectivity index (χ3n) is 2.49. The van der Waals surface area contributed by atoms with Crippen LogP contribution in [0.3, 0.4) is 0 Å². The van der Waals surface area contributed by atoms with Crippen molar-refractivity contribution in [1.29, 1.82) is 0 Å². The number of nitrogens with zero attached hydrogens (tertiary/aromatic N) is 3. The maximum atomic E-state index is 4.06. The van der Waals surface area contributed by atoms with E-state index >= 15 is 0 Å². The molecule has 0 aliphatic heterocycles. The van der Waals surface area contributed by atoms with Crippen molar-refractivity contribution >= 4 is 5.70 Å². The lowest BCUT2D eigenvalue weighted by atomic mass is 10.2. The lowest BCUT2D eigenvalue weighted by molar-refractivity contribution is 0.803. The largest absolute Gasteiger partial charge is 0.218 e. The molecule has 2 rings (SSSR count). The molecule has 1 heterocycles. The summed E-state index contributed by atoms with van der Waals surface area (Å²) in [5.41, 5.74) is 3.88. The van der Waals surface area contributed by atoms with Crippen LogP contribution >= 0.6 is 0 Å². The standard InChI is InChI=1S/C12H13N3/c1-9-10(2)15(14-13-9)11(3)12-7-5-4-6-8-12/h4-8H,3H2,1-2H3. The first-order valence-corrected chi connectivity index (χ1v) is 4.84. The van der Waals surface area contributed by atoms with Gasteiger partial charge in [0, 0.05) is 0 Å². The van der Waals surface area contributed by atoms with Crippen LogP contribution in [0.15, 0.2) is 36.9 Å². The van der Waals surface area contributed by atoms with Crippen LogP contribution < -0.4 is 0 Å². The maximum absolute atomic E-state index is 4.06. The van der Waals surface area contributed by atoms with Crippen LogP contribution in [0.1, 0.15) is 17.0 Å². The second-order valence-electron chi connectivity index (χ2n) is 3.48. The molecule has 0 aliphatic rings. The Morgan fingerprint density at radius 1 is 1.20 bits per heavy atom. The topological polar surface area (TPSA) is 30.7 Å². The molecule has 0 saturated heterocycles. The molecule has 3 nitrogen and oxygen atoms in total. The van der Waals surface area contributed by atoms with Gasteiger partial charge < -0.3 is 0 Å². The van der Waals surface area contributed by atoms with Gasteiger partial charge in [-0.25, -0.2) is 4.68 Å². The molecular weight excluding hydrogens is 186 g/mol.